The molecule has 0 fully saturated rings. The van der Waals surface area contributed by atoms with Crippen molar-refractivity contribution in [1.29, 1.82) is 0 Å². The lowest BCUT2D eigenvalue weighted by atomic mass is 9.92. The molecule has 0 unspecified atom stereocenters. The van der Waals surface area contributed by atoms with Crippen molar-refractivity contribution in [2.45, 2.75) is 33.1 Å². The molecule has 146 valence electrons. The van der Waals surface area contributed by atoms with E-state index in [4.69, 9.17) is 0 Å². The van der Waals surface area contributed by atoms with Gasteiger partial charge in [-0.1, -0.05) is 39.0 Å². The second-order valence-corrected chi connectivity index (χ2v) is 7.65. The molecule has 3 amide bonds. The van der Waals surface area contributed by atoms with Gasteiger partial charge in [-0.2, -0.15) is 5.10 Å². The number of benzene rings is 1. The van der Waals surface area contributed by atoms with Crippen molar-refractivity contribution in [3.8, 4) is 5.69 Å². The maximum Gasteiger partial charge on any atom is 0.319 e. The number of hydrogen-bond donors (Lipinski definition) is 1. The maximum atomic E-state index is 12.6. The van der Waals surface area contributed by atoms with Crippen LogP contribution in [0.2, 0.25) is 0 Å². The first kappa shape index (κ1) is 20.5. The van der Waals surface area contributed by atoms with Gasteiger partial charge in [0.2, 0.25) is 5.91 Å². The van der Waals surface area contributed by atoms with E-state index in [0.29, 0.717) is 12.4 Å². The van der Waals surface area contributed by atoms with Crippen LogP contribution in [0.1, 0.15) is 33.4 Å². The van der Waals surface area contributed by atoms with Crippen LogP contribution in [0.3, 0.4) is 0 Å². The summed E-state index contributed by atoms with van der Waals surface area (Å²) in [5.74, 6) is 0.328. The molecule has 7 heteroatoms. The minimum Gasteiger partial charge on any atom is -0.331 e. The van der Waals surface area contributed by atoms with Crippen LogP contribution in [-0.4, -0.2) is 58.7 Å². The van der Waals surface area contributed by atoms with Crippen LogP contribution in [0.25, 0.3) is 5.69 Å². The predicted molar refractivity (Wildman–Crippen MR) is 107 cm³/mol. The van der Waals surface area contributed by atoms with E-state index in [-0.39, 0.29) is 23.9 Å². The van der Waals surface area contributed by atoms with E-state index in [9.17, 15) is 9.59 Å². The number of likely N-dealkylation sites (N-methyl/N-ethyl adjacent to an activating group) is 1. The average Bonchev–Trinajstić information content (AvgIpc) is 3.03. The summed E-state index contributed by atoms with van der Waals surface area (Å²) in [6.45, 7) is 8.51. The lowest BCUT2D eigenvalue weighted by molar-refractivity contribution is -0.116. The molecule has 0 atom stereocenters. The Morgan fingerprint density at radius 1 is 1.15 bits per heavy atom. The predicted octanol–water partition coefficient (Wildman–Crippen LogP) is 3.11. The molecule has 0 radical (unpaired) electrons. The third-order valence-electron chi connectivity index (χ3n) is 4.12. The van der Waals surface area contributed by atoms with Crippen molar-refractivity contribution >= 4 is 17.8 Å². The van der Waals surface area contributed by atoms with E-state index in [2.05, 4.69) is 31.2 Å². The molecule has 0 aliphatic heterocycles. The molecule has 0 bridgehead atoms. The minimum atomic E-state index is -0.260. The van der Waals surface area contributed by atoms with Gasteiger partial charge in [0.15, 0.2) is 0 Å². The van der Waals surface area contributed by atoms with E-state index in [0.717, 1.165) is 11.4 Å². The van der Waals surface area contributed by atoms with E-state index >= 15 is 0 Å². The van der Waals surface area contributed by atoms with Crippen molar-refractivity contribution in [3.05, 3.63) is 42.1 Å². The molecule has 7 nitrogen and oxygen atoms in total. The number of aromatic nitrogens is 2. The molecule has 0 aliphatic rings. The molecule has 0 saturated carbocycles. The summed E-state index contributed by atoms with van der Waals surface area (Å²) in [6, 6.07) is 11.3. The molecule has 1 aromatic heterocycles. The van der Waals surface area contributed by atoms with Gasteiger partial charge in [-0.15, -0.1) is 0 Å². The molecule has 1 N–H and O–H groups in total. The SMILES string of the molecule is CCN(CC(=O)Nc1cc(C(C)(C)C)nn1-c1ccccc1)C(=O)N(C)C. The van der Waals surface area contributed by atoms with Gasteiger partial charge in [-0.05, 0) is 19.1 Å². The fourth-order valence-electron chi connectivity index (χ4n) is 2.56. The zero-order valence-corrected chi connectivity index (χ0v) is 17.0. The molecule has 0 aliphatic carbocycles. The highest BCUT2D eigenvalue weighted by atomic mass is 16.2. The van der Waals surface area contributed by atoms with Crippen molar-refractivity contribution in [3.63, 3.8) is 0 Å². The van der Waals surface area contributed by atoms with Crippen LogP contribution >= 0.6 is 0 Å². The number of anilines is 1. The zero-order chi connectivity index (χ0) is 20.2. The number of urea groups is 1. The van der Waals surface area contributed by atoms with Gasteiger partial charge in [0.25, 0.3) is 0 Å². The highest BCUT2D eigenvalue weighted by Crippen LogP contribution is 2.26. The fraction of sp³-hybridized carbons (Fsp3) is 0.450. The molecule has 0 spiro atoms. The highest BCUT2D eigenvalue weighted by Gasteiger charge is 2.23. The van der Waals surface area contributed by atoms with Gasteiger partial charge in [-0.25, -0.2) is 9.48 Å². The monoisotopic (exact) mass is 371 g/mol. The summed E-state index contributed by atoms with van der Waals surface area (Å²) in [5, 5.41) is 7.59. The van der Waals surface area contributed by atoms with Crippen molar-refractivity contribution in [1.82, 2.24) is 19.6 Å². The Balaban J connectivity index is 2.28. The number of para-hydroxylation sites is 1. The van der Waals surface area contributed by atoms with Crippen molar-refractivity contribution in [2.24, 2.45) is 0 Å². The topological polar surface area (TPSA) is 70.5 Å². The highest BCUT2D eigenvalue weighted by molar-refractivity contribution is 5.94. The third-order valence-corrected chi connectivity index (χ3v) is 4.12. The van der Waals surface area contributed by atoms with Crippen LogP contribution in [-0.2, 0) is 10.2 Å². The first-order valence-electron chi connectivity index (χ1n) is 9.05. The summed E-state index contributed by atoms with van der Waals surface area (Å²) in [6.07, 6.45) is 0. The van der Waals surface area contributed by atoms with E-state index in [1.807, 2.05) is 43.3 Å². The maximum absolute atomic E-state index is 12.6. The van der Waals surface area contributed by atoms with Crippen molar-refractivity contribution < 1.29 is 9.59 Å². The van der Waals surface area contributed by atoms with Crippen LogP contribution in [0.5, 0.6) is 0 Å². The van der Waals surface area contributed by atoms with Gasteiger partial charge in [-0.3, -0.25) is 4.79 Å². The molecule has 1 heterocycles. The molecular formula is C20H29N5O2. The number of carbonyl (C=O) groups is 2. The Kier molecular flexibility index (Phi) is 6.25. The zero-order valence-electron chi connectivity index (χ0n) is 17.0. The summed E-state index contributed by atoms with van der Waals surface area (Å²) < 4.78 is 1.72. The molecule has 2 aromatic rings. The van der Waals surface area contributed by atoms with Crippen LogP contribution in [0.4, 0.5) is 10.6 Å². The number of nitrogens with zero attached hydrogens (tertiary/aromatic N) is 4. The number of nitrogens with one attached hydrogen (secondary N) is 1. The summed E-state index contributed by atoms with van der Waals surface area (Å²) in [7, 11) is 3.34. The van der Waals surface area contributed by atoms with Crippen molar-refractivity contribution in [2.75, 3.05) is 32.5 Å². The largest absolute Gasteiger partial charge is 0.331 e. The van der Waals surface area contributed by atoms with Gasteiger partial charge in [0.05, 0.1) is 11.4 Å². The lowest BCUT2D eigenvalue weighted by Gasteiger charge is -2.24. The average molecular weight is 371 g/mol. The summed E-state index contributed by atoms with van der Waals surface area (Å²) in [4.78, 5) is 27.7. The van der Waals surface area contributed by atoms with Gasteiger partial charge in [0, 0.05) is 32.1 Å². The first-order valence-corrected chi connectivity index (χ1v) is 9.05. The molecule has 1 aromatic carbocycles. The van der Waals surface area contributed by atoms with E-state index in [1.165, 1.54) is 9.80 Å². The number of rotatable bonds is 5. The number of hydrogen-bond acceptors (Lipinski definition) is 3. The number of amides is 3. The smallest absolute Gasteiger partial charge is 0.319 e. The summed E-state index contributed by atoms with van der Waals surface area (Å²) >= 11 is 0. The van der Waals surface area contributed by atoms with Crippen LogP contribution in [0, 0.1) is 0 Å². The third kappa shape index (κ3) is 5.09. The number of carbonyl (C=O) groups excluding carboxylic acids is 2. The Labute approximate surface area is 161 Å². The van der Waals surface area contributed by atoms with E-state index in [1.54, 1.807) is 18.8 Å². The van der Waals surface area contributed by atoms with E-state index < -0.39 is 0 Å². The molecule has 0 saturated heterocycles. The molecule has 2 rings (SSSR count). The Morgan fingerprint density at radius 3 is 2.30 bits per heavy atom. The summed E-state index contributed by atoms with van der Waals surface area (Å²) in [5.41, 5.74) is 1.58. The van der Waals surface area contributed by atoms with Gasteiger partial charge in [0.1, 0.15) is 12.4 Å². The fourth-order valence-corrected chi connectivity index (χ4v) is 2.56. The standard InChI is InChI=1S/C20H29N5O2/c1-7-24(19(27)23(5)6)14-18(26)21-17-13-16(20(2,3)4)22-25(17)15-11-9-8-10-12-15/h8-13H,7,14H2,1-6H3,(H,21,26). The quantitative estimate of drug-likeness (QED) is 0.878. The van der Waals surface area contributed by atoms with Gasteiger partial charge < -0.3 is 15.1 Å². The lowest BCUT2D eigenvalue weighted by Crippen LogP contribution is -2.43. The first-order chi connectivity index (χ1) is 12.6. The normalized spacial score (nSPS) is 11.2. The second kappa shape index (κ2) is 8.24. The van der Waals surface area contributed by atoms with Gasteiger partial charge >= 0.3 is 6.03 Å². The Bertz CT molecular complexity index is 790. The molecular weight excluding hydrogens is 342 g/mol. The molecule has 27 heavy (non-hydrogen) atoms. The van der Waals surface area contributed by atoms with Crippen LogP contribution < -0.4 is 5.32 Å². The Morgan fingerprint density at radius 2 is 1.78 bits per heavy atom. The second-order valence-electron chi connectivity index (χ2n) is 7.65. The Hall–Kier alpha value is -2.83. The van der Waals surface area contributed by atoms with Crippen LogP contribution in [0.15, 0.2) is 36.4 Å². The minimum absolute atomic E-state index is 0.0155.